The monoisotopic (exact) mass is 367 g/mol. The summed E-state index contributed by atoms with van der Waals surface area (Å²) in [6.07, 6.45) is 1.26. The van der Waals surface area contributed by atoms with Gasteiger partial charge in [0, 0.05) is 11.3 Å². The van der Waals surface area contributed by atoms with Gasteiger partial charge in [-0.25, -0.2) is 0 Å². The lowest BCUT2D eigenvalue weighted by Gasteiger charge is -2.08. The molecule has 0 radical (unpaired) electrons. The van der Waals surface area contributed by atoms with Crippen molar-refractivity contribution >= 4 is 23.1 Å². The molecule has 10 heteroatoms. The Morgan fingerprint density at radius 3 is 2.85 bits per heavy atom. The number of carbonyl (C=O) groups is 1. The van der Waals surface area contributed by atoms with Gasteiger partial charge >= 0.3 is 0 Å². The second-order valence-corrected chi connectivity index (χ2v) is 6.35. The molecular weight excluding hydrogens is 354 g/mol. The van der Waals surface area contributed by atoms with Crippen molar-refractivity contribution in [3.8, 4) is 22.8 Å². The number of aromatic amines is 1. The van der Waals surface area contributed by atoms with Crippen LogP contribution in [0.3, 0.4) is 0 Å². The van der Waals surface area contributed by atoms with Crippen molar-refractivity contribution in [2.24, 2.45) is 0 Å². The number of aryl methyl sites for hydroxylation is 2. The maximum Gasteiger partial charge on any atom is 0.269 e. The number of aromatic nitrogens is 6. The fraction of sp³-hybridized carbons (Fsp3) is 0.125. The van der Waals surface area contributed by atoms with Gasteiger partial charge in [-0.15, -0.1) is 5.10 Å². The average Bonchev–Trinajstić information content (AvgIpc) is 3.37. The molecule has 2 N–H and O–H groups in total. The Labute approximate surface area is 151 Å². The van der Waals surface area contributed by atoms with Gasteiger partial charge in [0.25, 0.3) is 5.91 Å². The Morgan fingerprint density at radius 2 is 2.15 bits per heavy atom. The molecule has 0 bridgehead atoms. The van der Waals surface area contributed by atoms with Crippen LogP contribution in [0.25, 0.3) is 22.8 Å². The molecule has 0 unspecified atom stereocenters. The molecule has 1 aromatic carbocycles. The number of rotatable bonds is 4. The first-order valence-electron chi connectivity index (χ1n) is 7.65. The summed E-state index contributed by atoms with van der Waals surface area (Å²) in [6.45, 7) is 3.68. The first-order valence-corrected chi connectivity index (χ1v) is 8.42. The van der Waals surface area contributed by atoms with Crippen molar-refractivity contribution in [1.82, 2.24) is 29.9 Å². The SMILES string of the molecule is Cc1cc(-c2cc(-c3ncon3)[nH]n2)ccc1NC(=O)c1snnc1C. The van der Waals surface area contributed by atoms with Crippen LogP contribution in [0.4, 0.5) is 5.69 Å². The standard InChI is InChI=1S/C16H13N7O2S/c1-8-5-10(12-6-13(21-20-12)15-17-7-25-22-15)3-4-11(8)18-16(24)14-9(2)19-23-26-14/h3-7H,1-2H3,(H,18,24)(H,20,21). The van der Waals surface area contributed by atoms with Gasteiger partial charge < -0.3 is 9.84 Å². The van der Waals surface area contributed by atoms with Crippen LogP contribution in [0.2, 0.25) is 0 Å². The van der Waals surface area contributed by atoms with E-state index in [1.165, 1.54) is 6.39 Å². The Kier molecular flexibility index (Phi) is 4.01. The summed E-state index contributed by atoms with van der Waals surface area (Å²) in [4.78, 5) is 16.8. The van der Waals surface area contributed by atoms with Crippen molar-refractivity contribution in [2.45, 2.75) is 13.8 Å². The largest absolute Gasteiger partial charge is 0.342 e. The van der Waals surface area contributed by atoms with Crippen LogP contribution in [0.5, 0.6) is 0 Å². The summed E-state index contributed by atoms with van der Waals surface area (Å²) < 4.78 is 8.52. The Hall–Kier alpha value is -3.40. The summed E-state index contributed by atoms with van der Waals surface area (Å²) in [5, 5.41) is 17.7. The van der Waals surface area contributed by atoms with E-state index in [0.29, 0.717) is 22.1 Å². The van der Waals surface area contributed by atoms with Crippen LogP contribution in [0.15, 0.2) is 35.2 Å². The number of carbonyl (C=O) groups excluding carboxylic acids is 1. The minimum atomic E-state index is -0.215. The zero-order chi connectivity index (χ0) is 18.1. The van der Waals surface area contributed by atoms with Gasteiger partial charge in [0.05, 0.1) is 11.4 Å². The van der Waals surface area contributed by atoms with Crippen molar-refractivity contribution in [3.63, 3.8) is 0 Å². The van der Waals surface area contributed by atoms with Gasteiger partial charge in [0.2, 0.25) is 12.2 Å². The van der Waals surface area contributed by atoms with E-state index in [9.17, 15) is 4.79 Å². The Bertz CT molecular complexity index is 1070. The molecule has 0 aliphatic rings. The zero-order valence-electron chi connectivity index (χ0n) is 13.8. The molecule has 0 aliphatic carbocycles. The second-order valence-electron chi connectivity index (χ2n) is 5.59. The highest BCUT2D eigenvalue weighted by Gasteiger charge is 2.15. The molecule has 0 spiro atoms. The van der Waals surface area contributed by atoms with Crippen LogP contribution in [-0.4, -0.2) is 35.8 Å². The fourth-order valence-corrected chi connectivity index (χ4v) is 3.01. The predicted octanol–water partition coefficient (Wildman–Crippen LogP) is 2.85. The molecule has 0 atom stereocenters. The highest BCUT2D eigenvalue weighted by atomic mass is 32.1. The van der Waals surface area contributed by atoms with Gasteiger partial charge in [-0.3, -0.25) is 9.89 Å². The third-order valence-corrected chi connectivity index (χ3v) is 4.63. The van der Waals surface area contributed by atoms with E-state index < -0.39 is 0 Å². The number of H-pyrrole nitrogens is 1. The van der Waals surface area contributed by atoms with Crippen LogP contribution < -0.4 is 5.32 Å². The van der Waals surface area contributed by atoms with Crippen molar-refractivity contribution < 1.29 is 9.32 Å². The Morgan fingerprint density at radius 1 is 1.27 bits per heavy atom. The summed E-state index contributed by atoms with van der Waals surface area (Å²) in [5.74, 6) is 0.227. The van der Waals surface area contributed by atoms with Crippen LogP contribution >= 0.6 is 11.5 Å². The molecule has 0 fully saturated rings. The molecule has 1 amide bonds. The minimum Gasteiger partial charge on any atom is -0.342 e. The summed E-state index contributed by atoms with van der Waals surface area (Å²) in [6, 6.07) is 7.51. The molecule has 0 saturated heterocycles. The molecule has 3 heterocycles. The van der Waals surface area contributed by atoms with Crippen molar-refractivity contribution in [2.75, 3.05) is 5.32 Å². The summed E-state index contributed by atoms with van der Waals surface area (Å²) >= 11 is 1.08. The van der Waals surface area contributed by atoms with Crippen LogP contribution in [-0.2, 0) is 0 Å². The number of hydrogen-bond acceptors (Lipinski definition) is 8. The number of nitrogens with zero attached hydrogens (tertiary/aromatic N) is 5. The van der Waals surface area contributed by atoms with Gasteiger partial charge in [-0.1, -0.05) is 15.7 Å². The lowest BCUT2D eigenvalue weighted by molar-refractivity contribution is 0.102. The molecule has 9 nitrogen and oxygen atoms in total. The average molecular weight is 367 g/mol. The highest BCUT2D eigenvalue weighted by molar-refractivity contribution is 7.08. The van der Waals surface area contributed by atoms with Crippen molar-refractivity contribution in [3.05, 3.63) is 46.8 Å². The third-order valence-electron chi connectivity index (χ3n) is 3.81. The lowest BCUT2D eigenvalue weighted by Crippen LogP contribution is -2.12. The fourth-order valence-electron chi connectivity index (χ4n) is 2.46. The van der Waals surface area contributed by atoms with Crippen molar-refractivity contribution in [1.29, 1.82) is 0 Å². The van der Waals surface area contributed by atoms with E-state index in [1.54, 1.807) is 6.92 Å². The van der Waals surface area contributed by atoms with E-state index in [1.807, 2.05) is 31.2 Å². The van der Waals surface area contributed by atoms with Gasteiger partial charge in [-0.2, -0.15) is 10.1 Å². The molecular formula is C16H13N7O2S. The molecule has 4 rings (SSSR count). The maximum atomic E-state index is 12.3. The second kappa shape index (κ2) is 6.48. The number of amides is 1. The highest BCUT2D eigenvalue weighted by Crippen LogP contribution is 2.26. The first-order chi connectivity index (χ1) is 12.6. The summed E-state index contributed by atoms with van der Waals surface area (Å²) in [7, 11) is 0. The lowest BCUT2D eigenvalue weighted by atomic mass is 10.1. The van der Waals surface area contributed by atoms with E-state index in [-0.39, 0.29) is 5.91 Å². The number of hydrogen-bond donors (Lipinski definition) is 2. The molecule has 4 aromatic rings. The van der Waals surface area contributed by atoms with E-state index >= 15 is 0 Å². The van der Waals surface area contributed by atoms with Crippen LogP contribution in [0, 0.1) is 13.8 Å². The zero-order valence-corrected chi connectivity index (χ0v) is 14.7. The molecule has 0 aliphatic heterocycles. The normalized spacial score (nSPS) is 10.8. The third kappa shape index (κ3) is 2.97. The number of anilines is 1. The minimum absolute atomic E-state index is 0.215. The smallest absolute Gasteiger partial charge is 0.269 e. The molecule has 26 heavy (non-hydrogen) atoms. The first kappa shape index (κ1) is 16.1. The number of benzene rings is 1. The van der Waals surface area contributed by atoms with Gasteiger partial charge in [0.1, 0.15) is 10.6 Å². The maximum absolute atomic E-state index is 12.3. The van der Waals surface area contributed by atoms with E-state index in [2.05, 4.69) is 35.2 Å². The topological polar surface area (TPSA) is 122 Å². The van der Waals surface area contributed by atoms with E-state index in [0.717, 1.165) is 34.0 Å². The number of nitrogens with one attached hydrogen (secondary N) is 2. The molecule has 3 aromatic heterocycles. The predicted molar refractivity (Wildman–Crippen MR) is 94.7 cm³/mol. The molecule has 130 valence electrons. The van der Waals surface area contributed by atoms with Crippen LogP contribution in [0.1, 0.15) is 20.9 Å². The van der Waals surface area contributed by atoms with Gasteiger partial charge in [0.15, 0.2) is 0 Å². The summed E-state index contributed by atoms with van der Waals surface area (Å²) in [5.41, 5.74) is 4.57. The molecule has 0 saturated carbocycles. The quantitative estimate of drug-likeness (QED) is 0.568. The Balaban J connectivity index is 1.56. The van der Waals surface area contributed by atoms with E-state index in [4.69, 9.17) is 4.52 Å². The van der Waals surface area contributed by atoms with Gasteiger partial charge in [-0.05, 0) is 49.1 Å².